The van der Waals surface area contributed by atoms with Gasteiger partial charge in [-0.1, -0.05) is 58.6 Å². The Morgan fingerprint density at radius 3 is 2.29 bits per heavy atom. The molecule has 102 valence electrons. The highest BCUT2D eigenvalue weighted by Gasteiger charge is 2.03. The first-order valence-electron chi connectivity index (χ1n) is 7.73. The lowest BCUT2D eigenvalue weighted by Crippen LogP contribution is -2.29. The second-order valence-corrected chi connectivity index (χ2v) is 5.00. The maximum absolute atomic E-state index is 3.67. The van der Waals surface area contributed by atoms with Gasteiger partial charge in [0.25, 0.3) is 0 Å². The van der Waals surface area contributed by atoms with E-state index in [1.165, 1.54) is 64.3 Å². The summed E-state index contributed by atoms with van der Waals surface area (Å²) in [7, 11) is 0. The highest BCUT2D eigenvalue weighted by atomic mass is 14.9. The molecule has 0 aromatic heterocycles. The predicted molar refractivity (Wildman–Crippen MR) is 79.5 cm³/mol. The van der Waals surface area contributed by atoms with Gasteiger partial charge in [0.15, 0.2) is 0 Å². The molecule has 0 spiro atoms. The molecule has 0 radical (unpaired) electrons. The highest BCUT2D eigenvalue weighted by Crippen LogP contribution is 2.05. The van der Waals surface area contributed by atoms with Crippen molar-refractivity contribution in [1.82, 2.24) is 5.32 Å². The van der Waals surface area contributed by atoms with Crippen LogP contribution in [0.1, 0.15) is 78.6 Å². The number of rotatable bonds is 12. The molecule has 0 fully saturated rings. The first kappa shape index (κ1) is 16.7. The third-order valence-electron chi connectivity index (χ3n) is 3.16. The van der Waals surface area contributed by atoms with Crippen LogP contribution in [-0.4, -0.2) is 12.6 Å². The number of hydrogen-bond donors (Lipinski definition) is 1. The van der Waals surface area contributed by atoms with E-state index in [-0.39, 0.29) is 0 Å². The second kappa shape index (κ2) is 13.8. The molecule has 0 aliphatic rings. The summed E-state index contributed by atoms with van der Waals surface area (Å²) in [5.41, 5.74) is 0. The first-order valence-corrected chi connectivity index (χ1v) is 7.73. The van der Waals surface area contributed by atoms with E-state index in [9.17, 15) is 0 Å². The van der Waals surface area contributed by atoms with Crippen LogP contribution in [0.5, 0.6) is 0 Å². The summed E-state index contributed by atoms with van der Waals surface area (Å²) in [4.78, 5) is 0. The molecule has 0 saturated heterocycles. The van der Waals surface area contributed by atoms with Gasteiger partial charge in [-0.05, 0) is 38.6 Å². The van der Waals surface area contributed by atoms with E-state index >= 15 is 0 Å². The minimum Gasteiger partial charge on any atom is -0.314 e. The normalized spacial score (nSPS) is 13.4. The van der Waals surface area contributed by atoms with Gasteiger partial charge >= 0.3 is 0 Å². The summed E-state index contributed by atoms with van der Waals surface area (Å²) < 4.78 is 0. The zero-order valence-corrected chi connectivity index (χ0v) is 12.3. The van der Waals surface area contributed by atoms with Crippen LogP contribution in [-0.2, 0) is 0 Å². The molecule has 0 rings (SSSR count). The van der Waals surface area contributed by atoms with E-state index in [1.54, 1.807) is 0 Å². The summed E-state index contributed by atoms with van der Waals surface area (Å²) in [6.07, 6.45) is 16.5. The SMILES string of the molecule is CCCCCC=CCC(CCC)NCCCC. The minimum absolute atomic E-state index is 0.703. The molecule has 0 amide bonds. The highest BCUT2D eigenvalue weighted by molar-refractivity contribution is 4.86. The third-order valence-corrected chi connectivity index (χ3v) is 3.16. The van der Waals surface area contributed by atoms with E-state index < -0.39 is 0 Å². The van der Waals surface area contributed by atoms with Crippen molar-refractivity contribution in [3.63, 3.8) is 0 Å². The lowest BCUT2D eigenvalue weighted by atomic mass is 10.1. The van der Waals surface area contributed by atoms with Crippen LogP contribution < -0.4 is 5.32 Å². The van der Waals surface area contributed by atoms with Crippen molar-refractivity contribution in [3.05, 3.63) is 12.2 Å². The maximum Gasteiger partial charge on any atom is 0.0101 e. The molecule has 0 bridgehead atoms. The number of hydrogen-bond acceptors (Lipinski definition) is 1. The van der Waals surface area contributed by atoms with Gasteiger partial charge in [0.05, 0.1) is 0 Å². The van der Waals surface area contributed by atoms with Crippen molar-refractivity contribution in [1.29, 1.82) is 0 Å². The predicted octanol–water partition coefficient (Wildman–Crippen LogP) is 5.07. The Labute approximate surface area is 109 Å². The fourth-order valence-electron chi connectivity index (χ4n) is 2.03. The largest absolute Gasteiger partial charge is 0.314 e. The van der Waals surface area contributed by atoms with Crippen LogP contribution in [0.3, 0.4) is 0 Å². The van der Waals surface area contributed by atoms with Crippen molar-refractivity contribution >= 4 is 0 Å². The van der Waals surface area contributed by atoms with Gasteiger partial charge in [0.2, 0.25) is 0 Å². The Hall–Kier alpha value is -0.300. The molecule has 1 unspecified atom stereocenters. The first-order chi connectivity index (χ1) is 8.35. The monoisotopic (exact) mass is 239 g/mol. The van der Waals surface area contributed by atoms with Crippen LogP contribution in [0.25, 0.3) is 0 Å². The van der Waals surface area contributed by atoms with Gasteiger partial charge in [0.1, 0.15) is 0 Å². The topological polar surface area (TPSA) is 12.0 Å². The van der Waals surface area contributed by atoms with Crippen LogP contribution in [0, 0.1) is 0 Å². The lowest BCUT2D eigenvalue weighted by molar-refractivity contribution is 0.471. The lowest BCUT2D eigenvalue weighted by Gasteiger charge is -2.16. The third kappa shape index (κ3) is 12.0. The van der Waals surface area contributed by atoms with E-state index in [4.69, 9.17) is 0 Å². The van der Waals surface area contributed by atoms with E-state index in [2.05, 4.69) is 38.2 Å². The summed E-state index contributed by atoms with van der Waals surface area (Å²) in [5, 5.41) is 3.67. The molecule has 1 heteroatoms. The zero-order chi connectivity index (χ0) is 12.8. The van der Waals surface area contributed by atoms with Crippen molar-refractivity contribution in [2.24, 2.45) is 0 Å². The van der Waals surface area contributed by atoms with Crippen LogP contribution >= 0.6 is 0 Å². The number of unbranched alkanes of at least 4 members (excludes halogenated alkanes) is 4. The van der Waals surface area contributed by atoms with E-state index in [1.807, 2.05) is 0 Å². The standard InChI is InChI=1S/C16H33N/c1-4-7-9-10-11-12-14-16(13-6-3)17-15-8-5-2/h11-12,16-17H,4-10,13-15H2,1-3H3. The molecule has 0 aliphatic carbocycles. The molecule has 1 N–H and O–H groups in total. The van der Waals surface area contributed by atoms with Gasteiger partial charge in [-0.25, -0.2) is 0 Å². The average molecular weight is 239 g/mol. The van der Waals surface area contributed by atoms with Gasteiger partial charge < -0.3 is 5.32 Å². The summed E-state index contributed by atoms with van der Waals surface area (Å²) in [6.45, 7) is 7.98. The summed E-state index contributed by atoms with van der Waals surface area (Å²) in [6, 6.07) is 0.703. The Balaban J connectivity index is 3.59. The zero-order valence-electron chi connectivity index (χ0n) is 12.3. The summed E-state index contributed by atoms with van der Waals surface area (Å²) in [5.74, 6) is 0. The van der Waals surface area contributed by atoms with E-state index in [0.717, 1.165) is 0 Å². The van der Waals surface area contributed by atoms with Crippen molar-refractivity contribution in [2.45, 2.75) is 84.6 Å². The molecule has 0 aliphatic heterocycles. The minimum atomic E-state index is 0.703. The fourth-order valence-corrected chi connectivity index (χ4v) is 2.03. The Kier molecular flexibility index (Phi) is 13.5. The molecule has 0 aromatic rings. The van der Waals surface area contributed by atoms with Crippen molar-refractivity contribution < 1.29 is 0 Å². The molecule has 17 heavy (non-hydrogen) atoms. The smallest absolute Gasteiger partial charge is 0.0101 e. The van der Waals surface area contributed by atoms with Gasteiger partial charge in [-0.2, -0.15) is 0 Å². The van der Waals surface area contributed by atoms with Crippen LogP contribution in [0.2, 0.25) is 0 Å². The van der Waals surface area contributed by atoms with Crippen LogP contribution in [0.15, 0.2) is 12.2 Å². The van der Waals surface area contributed by atoms with E-state index in [0.29, 0.717) is 6.04 Å². The van der Waals surface area contributed by atoms with Gasteiger partial charge in [-0.15, -0.1) is 0 Å². The molecular formula is C16H33N. The molecule has 0 aromatic carbocycles. The number of allylic oxidation sites excluding steroid dienone is 1. The molecule has 0 heterocycles. The summed E-state index contributed by atoms with van der Waals surface area (Å²) >= 11 is 0. The molecule has 0 saturated carbocycles. The second-order valence-electron chi connectivity index (χ2n) is 5.00. The Morgan fingerprint density at radius 1 is 0.882 bits per heavy atom. The van der Waals surface area contributed by atoms with Crippen molar-refractivity contribution in [2.75, 3.05) is 6.54 Å². The van der Waals surface area contributed by atoms with Gasteiger partial charge in [0, 0.05) is 6.04 Å². The molecule has 1 nitrogen and oxygen atoms in total. The quantitative estimate of drug-likeness (QED) is 0.370. The molecule has 1 atom stereocenters. The van der Waals surface area contributed by atoms with Gasteiger partial charge in [-0.3, -0.25) is 0 Å². The fraction of sp³-hybridized carbons (Fsp3) is 0.875. The van der Waals surface area contributed by atoms with Crippen LogP contribution in [0.4, 0.5) is 0 Å². The average Bonchev–Trinajstić information content (AvgIpc) is 2.34. The number of nitrogens with one attached hydrogen (secondary N) is 1. The molecular weight excluding hydrogens is 206 g/mol. The Bertz CT molecular complexity index is 163. The maximum atomic E-state index is 3.67. The Morgan fingerprint density at radius 2 is 1.65 bits per heavy atom. The van der Waals surface area contributed by atoms with Crippen molar-refractivity contribution in [3.8, 4) is 0 Å².